The van der Waals surface area contributed by atoms with Gasteiger partial charge in [0.25, 0.3) is 0 Å². The number of halogens is 1. The second kappa shape index (κ2) is 7.97. The van der Waals surface area contributed by atoms with E-state index in [0.717, 1.165) is 46.7 Å². The summed E-state index contributed by atoms with van der Waals surface area (Å²) >= 11 is 3.63. The molecule has 2 aromatic heterocycles. The van der Waals surface area contributed by atoms with Crippen LogP contribution in [-0.4, -0.2) is 39.3 Å². The molecule has 2 atom stereocenters. The number of benzene rings is 1. The average Bonchev–Trinajstić information content (AvgIpc) is 2.91. The highest BCUT2D eigenvalue weighted by molar-refractivity contribution is 9.10. The summed E-state index contributed by atoms with van der Waals surface area (Å²) in [6, 6.07) is 4.33. The maximum Gasteiger partial charge on any atom is 0.150 e. The smallest absolute Gasteiger partial charge is 0.150 e. The number of fused-ring (bicyclic) bond motifs is 1. The van der Waals surface area contributed by atoms with Crippen LogP contribution in [0.25, 0.3) is 16.7 Å². The van der Waals surface area contributed by atoms with Gasteiger partial charge in [0.15, 0.2) is 5.65 Å². The summed E-state index contributed by atoms with van der Waals surface area (Å²) in [5.41, 5.74) is 7.06. The Balaban J connectivity index is 1.94. The Hall–Kier alpha value is -1.92. The Morgan fingerprint density at radius 2 is 1.77 bits per heavy atom. The predicted octanol–water partition coefficient (Wildman–Crippen LogP) is 5.18. The zero-order valence-corrected chi connectivity index (χ0v) is 20.3. The molecule has 160 valence electrons. The van der Waals surface area contributed by atoms with Gasteiger partial charge >= 0.3 is 0 Å². The molecule has 1 saturated heterocycles. The molecule has 0 saturated carbocycles. The lowest BCUT2D eigenvalue weighted by Gasteiger charge is -2.37. The SMILES string of the molecule is Cc1nc(N2CCC(CO)C(C)C2)c2c(C)c(C)n(-c3c(C)cc(Br)cc3C)c2n1. The van der Waals surface area contributed by atoms with E-state index in [2.05, 4.69) is 72.1 Å². The Morgan fingerprint density at radius 1 is 1.10 bits per heavy atom. The van der Waals surface area contributed by atoms with Gasteiger partial charge in [0.1, 0.15) is 11.6 Å². The highest BCUT2D eigenvalue weighted by atomic mass is 79.9. The fraction of sp³-hybridized carbons (Fsp3) is 0.500. The van der Waals surface area contributed by atoms with E-state index in [0.29, 0.717) is 11.8 Å². The van der Waals surface area contributed by atoms with E-state index in [1.54, 1.807) is 0 Å². The van der Waals surface area contributed by atoms with Crippen molar-refractivity contribution in [1.29, 1.82) is 0 Å². The summed E-state index contributed by atoms with van der Waals surface area (Å²) in [7, 11) is 0. The van der Waals surface area contributed by atoms with Crippen LogP contribution >= 0.6 is 15.9 Å². The first-order chi connectivity index (χ1) is 14.2. The van der Waals surface area contributed by atoms with Crippen LogP contribution in [-0.2, 0) is 0 Å². The minimum Gasteiger partial charge on any atom is -0.396 e. The van der Waals surface area contributed by atoms with Gasteiger partial charge in [-0.2, -0.15) is 0 Å². The first kappa shape index (κ1) is 21.3. The third-order valence-corrected chi connectivity index (χ3v) is 7.20. The van der Waals surface area contributed by atoms with E-state index in [1.807, 2.05) is 6.92 Å². The third kappa shape index (κ3) is 3.44. The van der Waals surface area contributed by atoms with E-state index in [-0.39, 0.29) is 6.61 Å². The van der Waals surface area contributed by atoms with Crippen LogP contribution in [0.15, 0.2) is 16.6 Å². The molecule has 30 heavy (non-hydrogen) atoms. The molecule has 5 nitrogen and oxygen atoms in total. The van der Waals surface area contributed by atoms with Crippen LogP contribution in [0.4, 0.5) is 5.82 Å². The quantitative estimate of drug-likeness (QED) is 0.572. The van der Waals surface area contributed by atoms with Gasteiger partial charge in [0.2, 0.25) is 0 Å². The van der Waals surface area contributed by atoms with Gasteiger partial charge in [0, 0.05) is 29.9 Å². The summed E-state index contributed by atoms with van der Waals surface area (Å²) in [6.45, 7) is 15.0. The van der Waals surface area contributed by atoms with Crippen LogP contribution in [0, 0.1) is 46.5 Å². The van der Waals surface area contributed by atoms with E-state index in [1.165, 1.54) is 28.1 Å². The predicted molar refractivity (Wildman–Crippen MR) is 127 cm³/mol. The van der Waals surface area contributed by atoms with Crippen molar-refractivity contribution in [3.8, 4) is 5.69 Å². The minimum absolute atomic E-state index is 0.268. The van der Waals surface area contributed by atoms with Gasteiger partial charge in [-0.15, -0.1) is 0 Å². The molecule has 0 bridgehead atoms. The molecular weight excluding hydrogens is 440 g/mol. The lowest BCUT2D eigenvalue weighted by atomic mass is 9.87. The summed E-state index contributed by atoms with van der Waals surface area (Å²) in [5, 5.41) is 10.8. The normalized spacial score (nSPS) is 19.7. The molecule has 0 amide bonds. The molecule has 1 aliphatic rings. The van der Waals surface area contributed by atoms with Gasteiger partial charge in [-0.1, -0.05) is 22.9 Å². The van der Waals surface area contributed by atoms with Gasteiger partial charge in [-0.3, -0.25) is 4.57 Å². The van der Waals surface area contributed by atoms with Crippen molar-refractivity contribution in [2.24, 2.45) is 11.8 Å². The highest BCUT2D eigenvalue weighted by Crippen LogP contribution is 2.37. The number of aliphatic hydroxyl groups excluding tert-OH is 1. The zero-order chi connectivity index (χ0) is 21.7. The zero-order valence-electron chi connectivity index (χ0n) is 18.8. The number of aliphatic hydroxyl groups is 1. The lowest BCUT2D eigenvalue weighted by Crippen LogP contribution is -2.41. The molecule has 1 N–H and O–H groups in total. The molecule has 2 unspecified atom stereocenters. The van der Waals surface area contributed by atoms with Crippen LogP contribution in [0.2, 0.25) is 0 Å². The van der Waals surface area contributed by atoms with E-state index in [4.69, 9.17) is 9.97 Å². The van der Waals surface area contributed by atoms with Gasteiger partial charge in [-0.25, -0.2) is 9.97 Å². The molecular formula is C24H31BrN4O. The van der Waals surface area contributed by atoms with Crippen molar-refractivity contribution in [2.45, 2.75) is 48.0 Å². The van der Waals surface area contributed by atoms with Crippen LogP contribution in [0.5, 0.6) is 0 Å². The number of anilines is 1. The highest BCUT2D eigenvalue weighted by Gasteiger charge is 2.29. The first-order valence-corrected chi connectivity index (χ1v) is 11.5. The maximum absolute atomic E-state index is 9.66. The molecule has 1 fully saturated rings. The third-order valence-electron chi connectivity index (χ3n) is 6.74. The molecule has 3 aromatic rings. The summed E-state index contributed by atoms with van der Waals surface area (Å²) in [6.07, 6.45) is 0.992. The van der Waals surface area contributed by atoms with E-state index in [9.17, 15) is 5.11 Å². The van der Waals surface area contributed by atoms with Crippen molar-refractivity contribution < 1.29 is 5.11 Å². The van der Waals surface area contributed by atoms with Gasteiger partial charge in [0.05, 0.1) is 11.1 Å². The number of hydrogen-bond donors (Lipinski definition) is 1. The van der Waals surface area contributed by atoms with E-state index < -0.39 is 0 Å². The van der Waals surface area contributed by atoms with Crippen LogP contribution in [0.3, 0.4) is 0 Å². The van der Waals surface area contributed by atoms with Gasteiger partial charge in [-0.05, 0) is 81.7 Å². The van der Waals surface area contributed by atoms with Crippen molar-refractivity contribution in [3.63, 3.8) is 0 Å². The Kier molecular flexibility index (Phi) is 5.66. The Labute approximate surface area is 187 Å². The monoisotopic (exact) mass is 470 g/mol. The van der Waals surface area contributed by atoms with Crippen LogP contribution < -0.4 is 4.90 Å². The number of aryl methyl sites for hydroxylation is 4. The Morgan fingerprint density at radius 3 is 2.37 bits per heavy atom. The summed E-state index contributed by atoms with van der Waals surface area (Å²) in [5.74, 6) is 2.64. The van der Waals surface area contributed by atoms with Crippen molar-refractivity contribution in [3.05, 3.63) is 44.8 Å². The van der Waals surface area contributed by atoms with Crippen LogP contribution in [0.1, 0.15) is 41.6 Å². The van der Waals surface area contributed by atoms with Crippen molar-refractivity contribution in [1.82, 2.24) is 14.5 Å². The Bertz CT molecular complexity index is 1100. The topological polar surface area (TPSA) is 54.2 Å². The van der Waals surface area contributed by atoms with E-state index >= 15 is 0 Å². The minimum atomic E-state index is 0.268. The molecule has 4 rings (SSSR count). The second-order valence-corrected chi connectivity index (χ2v) is 9.80. The number of rotatable bonds is 3. The molecule has 3 heterocycles. The molecule has 1 aliphatic heterocycles. The van der Waals surface area contributed by atoms with Crippen molar-refractivity contribution >= 4 is 32.8 Å². The average molecular weight is 471 g/mol. The summed E-state index contributed by atoms with van der Waals surface area (Å²) < 4.78 is 3.41. The largest absolute Gasteiger partial charge is 0.396 e. The summed E-state index contributed by atoms with van der Waals surface area (Å²) in [4.78, 5) is 12.2. The molecule has 0 aliphatic carbocycles. The molecule has 1 aromatic carbocycles. The number of nitrogens with zero attached hydrogens (tertiary/aromatic N) is 4. The number of hydrogen-bond acceptors (Lipinski definition) is 4. The second-order valence-electron chi connectivity index (χ2n) is 8.88. The molecule has 6 heteroatoms. The van der Waals surface area contributed by atoms with Crippen molar-refractivity contribution in [2.75, 3.05) is 24.6 Å². The number of aromatic nitrogens is 3. The molecule has 0 spiro atoms. The maximum atomic E-state index is 9.66. The fourth-order valence-corrected chi connectivity index (χ4v) is 5.65. The number of piperidine rings is 1. The fourth-order valence-electron chi connectivity index (χ4n) is 4.96. The van der Waals surface area contributed by atoms with Gasteiger partial charge < -0.3 is 10.0 Å². The first-order valence-electron chi connectivity index (χ1n) is 10.7. The lowest BCUT2D eigenvalue weighted by molar-refractivity contribution is 0.162. The standard InChI is InChI=1S/C24H31BrN4O/c1-13-9-20(25)10-14(2)22(13)29-17(5)16(4)21-23(26-18(6)27-24(21)29)28-8-7-19(12-30)15(3)11-28/h9-10,15,19,30H,7-8,11-12H2,1-6H3. The molecule has 0 radical (unpaired) electrons.